The molecule has 0 aromatic heterocycles. The molecule has 0 saturated carbocycles. The van der Waals surface area contributed by atoms with Gasteiger partial charge in [0.15, 0.2) is 0 Å². The van der Waals surface area contributed by atoms with E-state index in [4.69, 9.17) is 4.74 Å². The predicted molar refractivity (Wildman–Crippen MR) is 66.7 cm³/mol. The summed E-state index contributed by atoms with van der Waals surface area (Å²) < 4.78 is 31.0. The lowest BCUT2D eigenvalue weighted by molar-refractivity contribution is 0.0314. The molecule has 6 heteroatoms. The molecule has 0 aliphatic heterocycles. The Bertz CT molecular complexity index is 403. The van der Waals surface area contributed by atoms with Crippen LogP contribution < -0.4 is 0 Å². The SMILES string of the molecule is COC[C@@H](O)CN(C)C[C@@H](O)c1ccc(F)cc1F. The maximum Gasteiger partial charge on any atom is 0.131 e. The van der Waals surface area contributed by atoms with E-state index in [0.717, 1.165) is 12.1 Å². The first-order chi connectivity index (χ1) is 8.93. The van der Waals surface area contributed by atoms with Crippen molar-refractivity contribution < 1.29 is 23.7 Å². The summed E-state index contributed by atoms with van der Waals surface area (Å²) in [7, 11) is 3.16. The molecule has 0 unspecified atom stereocenters. The molecular weight excluding hydrogens is 256 g/mol. The van der Waals surface area contributed by atoms with Crippen molar-refractivity contribution in [1.82, 2.24) is 4.90 Å². The van der Waals surface area contributed by atoms with Crippen LogP contribution in [0.2, 0.25) is 0 Å². The fraction of sp³-hybridized carbons (Fsp3) is 0.538. The summed E-state index contributed by atoms with van der Waals surface area (Å²) in [5.74, 6) is -1.46. The van der Waals surface area contributed by atoms with Gasteiger partial charge in [0.1, 0.15) is 11.6 Å². The summed E-state index contributed by atoms with van der Waals surface area (Å²) in [5.41, 5.74) is 0.0366. The van der Waals surface area contributed by atoms with Crippen molar-refractivity contribution >= 4 is 0 Å². The molecule has 4 nitrogen and oxygen atoms in total. The number of methoxy groups -OCH3 is 1. The van der Waals surface area contributed by atoms with Crippen LogP contribution in [0.4, 0.5) is 8.78 Å². The maximum atomic E-state index is 13.4. The Morgan fingerprint density at radius 3 is 2.53 bits per heavy atom. The van der Waals surface area contributed by atoms with Crippen LogP contribution >= 0.6 is 0 Å². The summed E-state index contributed by atoms with van der Waals surface area (Å²) in [6.07, 6.45) is -1.76. The van der Waals surface area contributed by atoms with Gasteiger partial charge >= 0.3 is 0 Å². The second kappa shape index (κ2) is 7.49. The van der Waals surface area contributed by atoms with E-state index in [2.05, 4.69) is 0 Å². The lowest BCUT2D eigenvalue weighted by Gasteiger charge is -2.23. The van der Waals surface area contributed by atoms with Gasteiger partial charge in [-0.15, -0.1) is 0 Å². The number of aliphatic hydroxyl groups excluding tert-OH is 2. The minimum Gasteiger partial charge on any atom is -0.389 e. The number of rotatable bonds is 7. The quantitative estimate of drug-likeness (QED) is 0.777. The van der Waals surface area contributed by atoms with Crippen LogP contribution in [0.5, 0.6) is 0 Å². The number of ether oxygens (including phenoxy) is 1. The molecule has 19 heavy (non-hydrogen) atoms. The van der Waals surface area contributed by atoms with E-state index in [0.29, 0.717) is 0 Å². The summed E-state index contributed by atoms with van der Waals surface area (Å²) in [6.45, 7) is 0.600. The monoisotopic (exact) mass is 275 g/mol. The van der Waals surface area contributed by atoms with Crippen molar-refractivity contribution in [3.8, 4) is 0 Å². The first kappa shape index (κ1) is 16.0. The van der Waals surface area contributed by atoms with Gasteiger partial charge in [0.25, 0.3) is 0 Å². The molecule has 0 saturated heterocycles. The lowest BCUT2D eigenvalue weighted by Crippen LogP contribution is -2.34. The Morgan fingerprint density at radius 1 is 1.26 bits per heavy atom. The van der Waals surface area contributed by atoms with E-state index < -0.39 is 23.8 Å². The summed E-state index contributed by atoms with van der Waals surface area (Å²) in [6, 6.07) is 3.05. The van der Waals surface area contributed by atoms with Gasteiger partial charge in [0.2, 0.25) is 0 Å². The van der Waals surface area contributed by atoms with Crippen molar-refractivity contribution in [3.63, 3.8) is 0 Å². The van der Waals surface area contributed by atoms with Gasteiger partial charge in [0.05, 0.1) is 18.8 Å². The lowest BCUT2D eigenvalue weighted by atomic mass is 10.1. The summed E-state index contributed by atoms with van der Waals surface area (Å²) >= 11 is 0. The molecule has 0 bridgehead atoms. The third-order valence-corrected chi connectivity index (χ3v) is 2.69. The Kier molecular flexibility index (Phi) is 6.30. The van der Waals surface area contributed by atoms with E-state index in [9.17, 15) is 19.0 Å². The molecule has 1 rings (SSSR count). The highest BCUT2D eigenvalue weighted by Crippen LogP contribution is 2.18. The number of likely N-dealkylation sites (N-methyl/N-ethyl adjacent to an activating group) is 1. The molecule has 0 amide bonds. The van der Waals surface area contributed by atoms with Crippen molar-refractivity contribution in [2.45, 2.75) is 12.2 Å². The zero-order valence-electron chi connectivity index (χ0n) is 11.0. The molecule has 2 atom stereocenters. The Hall–Kier alpha value is -1.08. The van der Waals surface area contributed by atoms with Crippen LogP contribution in [0.25, 0.3) is 0 Å². The van der Waals surface area contributed by atoms with Crippen LogP contribution in [0, 0.1) is 11.6 Å². The second-order valence-corrected chi connectivity index (χ2v) is 4.51. The van der Waals surface area contributed by atoms with Crippen LogP contribution in [0.1, 0.15) is 11.7 Å². The van der Waals surface area contributed by atoms with Crippen molar-refractivity contribution in [2.75, 3.05) is 33.9 Å². The van der Waals surface area contributed by atoms with Crippen molar-refractivity contribution in [3.05, 3.63) is 35.4 Å². The third kappa shape index (κ3) is 5.20. The number of hydrogen-bond donors (Lipinski definition) is 2. The van der Waals surface area contributed by atoms with Crippen LogP contribution in [-0.4, -0.2) is 55.1 Å². The zero-order chi connectivity index (χ0) is 14.4. The van der Waals surface area contributed by atoms with Gasteiger partial charge in [-0.3, -0.25) is 0 Å². The van der Waals surface area contributed by atoms with Gasteiger partial charge in [-0.1, -0.05) is 6.07 Å². The third-order valence-electron chi connectivity index (χ3n) is 2.69. The molecule has 0 fully saturated rings. The fourth-order valence-corrected chi connectivity index (χ4v) is 1.84. The molecule has 2 N–H and O–H groups in total. The Balaban J connectivity index is 2.56. The molecule has 0 spiro atoms. The number of aliphatic hydroxyl groups is 2. The minimum absolute atomic E-state index is 0.0366. The topological polar surface area (TPSA) is 52.9 Å². The fourth-order valence-electron chi connectivity index (χ4n) is 1.84. The molecule has 0 radical (unpaired) electrons. The first-order valence-electron chi connectivity index (χ1n) is 5.92. The first-order valence-corrected chi connectivity index (χ1v) is 5.92. The number of hydrogen-bond acceptors (Lipinski definition) is 4. The second-order valence-electron chi connectivity index (χ2n) is 4.51. The average Bonchev–Trinajstić information content (AvgIpc) is 2.28. The van der Waals surface area contributed by atoms with Crippen LogP contribution in [-0.2, 0) is 4.74 Å². The number of halogens is 2. The normalized spacial score (nSPS) is 14.7. The molecule has 0 aliphatic rings. The summed E-state index contributed by atoms with van der Waals surface area (Å²) in [5, 5.41) is 19.4. The van der Waals surface area contributed by atoms with E-state index in [1.54, 1.807) is 11.9 Å². The standard InChI is InChI=1S/C13H19F2NO3/c1-16(6-10(17)8-19-2)7-13(18)11-4-3-9(14)5-12(11)15/h3-5,10,13,17-18H,6-8H2,1-2H3/t10-,13+/m0/s1. The van der Waals surface area contributed by atoms with E-state index in [1.807, 2.05) is 0 Å². The molecule has 1 aromatic carbocycles. The molecule has 108 valence electrons. The zero-order valence-corrected chi connectivity index (χ0v) is 11.0. The smallest absolute Gasteiger partial charge is 0.131 e. The van der Waals surface area contributed by atoms with Gasteiger partial charge in [-0.05, 0) is 13.1 Å². The predicted octanol–water partition coefficient (Wildman–Crippen LogP) is 0.937. The summed E-state index contributed by atoms with van der Waals surface area (Å²) in [4.78, 5) is 1.65. The molecular formula is C13H19F2NO3. The van der Waals surface area contributed by atoms with Gasteiger partial charge < -0.3 is 19.8 Å². The van der Waals surface area contributed by atoms with Crippen LogP contribution in [0.3, 0.4) is 0 Å². The highest BCUT2D eigenvalue weighted by Gasteiger charge is 2.17. The van der Waals surface area contributed by atoms with Crippen molar-refractivity contribution in [2.24, 2.45) is 0 Å². The number of benzene rings is 1. The molecule has 0 aliphatic carbocycles. The van der Waals surface area contributed by atoms with Crippen molar-refractivity contribution in [1.29, 1.82) is 0 Å². The van der Waals surface area contributed by atoms with Gasteiger partial charge in [-0.2, -0.15) is 0 Å². The molecule has 0 heterocycles. The van der Waals surface area contributed by atoms with E-state index in [-0.39, 0.29) is 25.3 Å². The van der Waals surface area contributed by atoms with Crippen LogP contribution in [0.15, 0.2) is 18.2 Å². The van der Waals surface area contributed by atoms with E-state index >= 15 is 0 Å². The highest BCUT2D eigenvalue weighted by atomic mass is 19.1. The Morgan fingerprint density at radius 2 is 1.95 bits per heavy atom. The van der Waals surface area contributed by atoms with Gasteiger partial charge in [0, 0.05) is 31.8 Å². The Labute approximate surface area is 111 Å². The number of nitrogens with zero attached hydrogens (tertiary/aromatic N) is 1. The highest BCUT2D eigenvalue weighted by molar-refractivity contribution is 5.21. The van der Waals surface area contributed by atoms with E-state index in [1.165, 1.54) is 13.2 Å². The van der Waals surface area contributed by atoms with Gasteiger partial charge in [-0.25, -0.2) is 8.78 Å². The minimum atomic E-state index is -1.08. The largest absolute Gasteiger partial charge is 0.389 e. The molecule has 1 aromatic rings. The average molecular weight is 275 g/mol. The maximum absolute atomic E-state index is 13.4.